The Hall–Kier alpha value is -2.61. The van der Waals surface area contributed by atoms with Crippen LogP contribution in [0.1, 0.15) is 16.8 Å². The minimum Gasteiger partial charge on any atom is -0.482 e. The Balaban J connectivity index is 1.82. The minimum absolute atomic E-state index is 0.0706. The monoisotopic (exact) mass is 306 g/mol. The van der Waals surface area contributed by atoms with Gasteiger partial charge in [0.1, 0.15) is 5.75 Å². The first-order valence-corrected chi connectivity index (χ1v) is 6.70. The maximum atomic E-state index is 12.3. The van der Waals surface area contributed by atoms with Gasteiger partial charge < -0.3 is 25.2 Å². The van der Waals surface area contributed by atoms with Gasteiger partial charge in [0.2, 0.25) is 0 Å². The molecule has 116 valence electrons. The quantitative estimate of drug-likeness (QED) is 0.724. The molecule has 0 aromatic heterocycles. The fourth-order valence-corrected chi connectivity index (χ4v) is 2.40. The van der Waals surface area contributed by atoms with Crippen LogP contribution < -0.4 is 15.4 Å². The molecule has 22 heavy (non-hydrogen) atoms. The van der Waals surface area contributed by atoms with Crippen LogP contribution >= 0.6 is 0 Å². The van der Waals surface area contributed by atoms with E-state index in [4.69, 9.17) is 9.47 Å². The lowest BCUT2D eigenvalue weighted by molar-refractivity contribution is -0.144. The van der Waals surface area contributed by atoms with E-state index in [0.29, 0.717) is 11.4 Å². The SMILES string of the molecule is O=C1COc2ccc(C(=O)NC3(C(=O)O)CCOC3)cc2N1. The molecule has 3 rings (SSSR count). The standard InChI is InChI=1S/C14H14N2O6/c17-11-6-22-10-2-1-8(5-9(10)15-11)12(18)16-14(13(19)20)3-4-21-7-14/h1-2,5H,3-4,6-7H2,(H,15,17)(H,16,18)(H,19,20). The van der Waals surface area contributed by atoms with Crippen molar-refractivity contribution in [2.24, 2.45) is 0 Å². The summed E-state index contributed by atoms with van der Waals surface area (Å²) >= 11 is 0. The lowest BCUT2D eigenvalue weighted by atomic mass is 9.98. The Morgan fingerprint density at radius 3 is 2.86 bits per heavy atom. The summed E-state index contributed by atoms with van der Waals surface area (Å²) in [6, 6.07) is 4.52. The number of carboxylic acid groups (broad SMARTS) is 1. The maximum absolute atomic E-state index is 12.3. The second-order valence-corrected chi connectivity index (χ2v) is 5.19. The van der Waals surface area contributed by atoms with Crippen molar-refractivity contribution in [3.8, 4) is 5.75 Å². The number of amides is 2. The van der Waals surface area contributed by atoms with Crippen LogP contribution in [0.25, 0.3) is 0 Å². The van der Waals surface area contributed by atoms with Gasteiger partial charge in [-0.25, -0.2) is 4.79 Å². The Morgan fingerprint density at radius 2 is 2.18 bits per heavy atom. The molecular formula is C14H14N2O6. The Morgan fingerprint density at radius 1 is 1.36 bits per heavy atom. The molecule has 0 aliphatic carbocycles. The Labute approximate surface area is 125 Å². The van der Waals surface area contributed by atoms with E-state index < -0.39 is 17.4 Å². The average molecular weight is 306 g/mol. The fraction of sp³-hybridized carbons (Fsp3) is 0.357. The number of anilines is 1. The number of fused-ring (bicyclic) bond motifs is 1. The second-order valence-electron chi connectivity index (χ2n) is 5.19. The van der Waals surface area contributed by atoms with Crippen LogP contribution in [0.4, 0.5) is 5.69 Å². The van der Waals surface area contributed by atoms with Gasteiger partial charge in [-0.05, 0) is 18.2 Å². The van der Waals surface area contributed by atoms with E-state index in [2.05, 4.69) is 10.6 Å². The lowest BCUT2D eigenvalue weighted by Crippen LogP contribution is -2.55. The van der Waals surface area contributed by atoms with Crippen molar-refractivity contribution in [2.75, 3.05) is 25.1 Å². The van der Waals surface area contributed by atoms with Gasteiger partial charge in [0.25, 0.3) is 11.8 Å². The second kappa shape index (κ2) is 5.30. The van der Waals surface area contributed by atoms with E-state index in [-0.39, 0.29) is 37.7 Å². The number of benzene rings is 1. The topological polar surface area (TPSA) is 114 Å². The zero-order valence-electron chi connectivity index (χ0n) is 11.5. The molecule has 1 aromatic carbocycles. The van der Waals surface area contributed by atoms with Crippen molar-refractivity contribution in [2.45, 2.75) is 12.0 Å². The summed E-state index contributed by atoms with van der Waals surface area (Å²) in [6.07, 6.45) is 0.207. The summed E-state index contributed by atoms with van der Waals surface area (Å²) in [4.78, 5) is 35.0. The minimum atomic E-state index is -1.41. The van der Waals surface area contributed by atoms with Gasteiger partial charge in [0, 0.05) is 18.6 Å². The molecule has 1 aromatic rings. The van der Waals surface area contributed by atoms with Crippen LogP contribution in [0.3, 0.4) is 0 Å². The fourth-order valence-electron chi connectivity index (χ4n) is 2.40. The molecule has 1 atom stereocenters. The third-order valence-corrected chi connectivity index (χ3v) is 3.66. The number of nitrogens with one attached hydrogen (secondary N) is 2. The molecule has 3 N–H and O–H groups in total. The molecule has 1 fully saturated rings. The van der Waals surface area contributed by atoms with Crippen LogP contribution in [0.15, 0.2) is 18.2 Å². The maximum Gasteiger partial charge on any atom is 0.331 e. The number of carboxylic acids is 1. The molecule has 0 saturated carbocycles. The van der Waals surface area contributed by atoms with Crippen LogP contribution in [-0.4, -0.2) is 48.2 Å². The van der Waals surface area contributed by atoms with Gasteiger partial charge in [0.15, 0.2) is 12.1 Å². The number of hydrogen-bond acceptors (Lipinski definition) is 5. The number of carbonyl (C=O) groups excluding carboxylic acids is 2. The number of hydrogen-bond donors (Lipinski definition) is 3. The van der Waals surface area contributed by atoms with E-state index in [1.165, 1.54) is 12.1 Å². The first-order chi connectivity index (χ1) is 10.5. The summed E-state index contributed by atoms with van der Waals surface area (Å²) in [6.45, 7) is 0.136. The molecule has 1 unspecified atom stereocenters. The molecule has 2 aliphatic rings. The zero-order valence-corrected chi connectivity index (χ0v) is 11.5. The normalized spacial score (nSPS) is 23.2. The summed E-state index contributed by atoms with van der Waals surface area (Å²) in [5.41, 5.74) is -0.791. The number of aliphatic carboxylic acids is 1. The van der Waals surface area contributed by atoms with Crippen molar-refractivity contribution in [3.63, 3.8) is 0 Å². The molecule has 2 heterocycles. The van der Waals surface area contributed by atoms with Crippen LogP contribution in [0, 0.1) is 0 Å². The molecule has 2 aliphatic heterocycles. The number of carbonyl (C=O) groups is 3. The molecule has 2 amide bonds. The third kappa shape index (κ3) is 2.48. The Bertz CT molecular complexity index is 651. The summed E-state index contributed by atoms with van der Waals surface area (Å²) in [7, 11) is 0. The highest BCUT2D eigenvalue weighted by Crippen LogP contribution is 2.29. The van der Waals surface area contributed by atoms with E-state index in [1.807, 2.05) is 0 Å². The summed E-state index contributed by atoms with van der Waals surface area (Å²) in [5, 5.41) is 14.4. The summed E-state index contributed by atoms with van der Waals surface area (Å²) < 4.78 is 10.3. The van der Waals surface area contributed by atoms with Gasteiger partial charge >= 0.3 is 5.97 Å². The first kappa shape index (κ1) is 14.3. The van der Waals surface area contributed by atoms with Crippen molar-refractivity contribution >= 4 is 23.5 Å². The van der Waals surface area contributed by atoms with Gasteiger partial charge in [-0.3, -0.25) is 9.59 Å². The molecule has 8 nitrogen and oxygen atoms in total. The molecule has 0 spiro atoms. The smallest absolute Gasteiger partial charge is 0.331 e. The summed E-state index contributed by atoms with van der Waals surface area (Å²) in [5.74, 6) is -1.52. The van der Waals surface area contributed by atoms with Crippen molar-refractivity contribution < 1.29 is 29.0 Å². The van der Waals surface area contributed by atoms with Gasteiger partial charge in [-0.2, -0.15) is 0 Å². The van der Waals surface area contributed by atoms with Gasteiger partial charge in [-0.1, -0.05) is 0 Å². The Kier molecular flexibility index (Phi) is 3.45. The van der Waals surface area contributed by atoms with Gasteiger partial charge in [-0.15, -0.1) is 0 Å². The highest BCUT2D eigenvalue weighted by molar-refractivity contribution is 6.01. The predicted octanol–water partition coefficient (Wildman–Crippen LogP) is -0.00900. The highest BCUT2D eigenvalue weighted by Gasteiger charge is 2.44. The van der Waals surface area contributed by atoms with Crippen LogP contribution in [-0.2, 0) is 14.3 Å². The van der Waals surface area contributed by atoms with Crippen molar-refractivity contribution in [1.29, 1.82) is 0 Å². The molecule has 0 radical (unpaired) electrons. The average Bonchev–Trinajstić information content (AvgIpc) is 2.96. The van der Waals surface area contributed by atoms with E-state index >= 15 is 0 Å². The van der Waals surface area contributed by atoms with E-state index in [9.17, 15) is 19.5 Å². The number of rotatable bonds is 3. The van der Waals surface area contributed by atoms with Crippen LogP contribution in [0.2, 0.25) is 0 Å². The number of ether oxygens (including phenoxy) is 2. The zero-order chi connectivity index (χ0) is 15.7. The van der Waals surface area contributed by atoms with Gasteiger partial charge in [0.05, 0.1) is 12.3 Å². The largest absolute Gasteiger partial charge is 0.482 e. The lowest BCUT2D eigenvalue weighted by Gasteiger charge is -2.24. The van der Waals surface area contributed by atoms with E-state index in [0.717, 1.165) is 0 Å². The third-order valence-electron chi connectivity index (χ3n) is 3.66. The van der Waals surface area contributed by atoms with Crippen LogP contribution in [0.5, 0.6) is 5.75 Å². The highest BCUT2D eigenvalue weighted by atomic mass is 16.5. The molecular weight excluding hydrogens is 292 g/mol. The van der Waals surface area contributed by atoms with Crippen molar-refractivity contribution in [3.05, 3.63) is 23.8 Å². The van der Waals surface area contributed by atoms with E-state index in [1.54, 1.807) is 6.07 Å². The van der Waals surface area contributed by atoms with Crippen molar-refractivity contribution in [1.82, 2.24) is 5.32 Å². The molecule has 0 bridgehead atoms. The predicted molar refractivity (Wildman–Crippen MR) is 73.8 cm³/mol. The molecule has 1 saturated heterocycles. The first-order valence-electron chi connectivity index (χ1n) is 6.70. The molecule has 8 heteroatoms.